The largest absolute Gasteiger partial charge is 0.504 e. The number of benzene rings is 1. The van der Waals surface area contributed by atoms with Gasteiger partial charge in [0.05, 0.1) is 16.7 Å². The Morgan fingerprint density at radius 2 is 2.12 bits per heavy atom. The summed E-state index contributed by atoms with van der Waals surface area (Å²) in [4.78, 5) is 20.4. The summed E-state index contributed by atoms with van der Waals surface area (Å²) >= 11 is 0. The number of nitrogens with one attached hydrogen (secondary N) is 1. The summed E-state index contributed by atoms with van der Waals surface area (Å²) in [5, 5.41) is 26.0. The molecule has 0 radical (unpaired) electrons. The van der Waals surface area contributed by atoms with Crippen LogP contribution in [0.3, 0.4) is 0 Å². The fourth-order valence-corrected chi connectivity index (χ4v) is 6.89. The van der Waals surface area contributed by atoms with E-state index in [-0.39, 0.29) is 17.4 Å². The second-order valence-electron chi connectivity index (χ2n) is 10.6. The molecule has 3 aromatic rings. The molecule has 4 aliphatic rings. The Bertz CT molecular complexity index is 1370. The van der Waals surface area contributed by atoms with Crippen molar-refractivity contribution in [3.8, 4) is 11.5 Å². The van der Waals surface area contributed by atoms with E-state index in [0.717, 1.165) is 30.1 Å². The second-order valence-corrected chi connectivity index (χ2v) is 10.6. The summed E-state index contributed by atoms with van der Waals surface area (Å²) in [5.41, 5.74) is 1.46. The fourth-order valence-electron chi connectivity index (χ4n) is 6.89. The van der Waals surface area contributed by atoms with Gasteiger partial charge in [0.15, 0.2) is 23.3 Å². The van der Waals surface area contributed by atoms with Gasteiger partial charge in [-0.2, -0.15) is 0 Å². The van der Waals surface area contributed by atoms with Crippen LogP contribution in [-0.4, -0.2) is 54.4 Å². The number of nitrogens with zero attached hydrogens (tertiary/aromatic N) is 3. The van der Waals surface area contributed by atoms with Gasteiger partial charge < -0.3 is 14.9 Å². The fraction of sp³-hybridized carbons (Fsp3) is 0.520. The number of fused-ring (bicyclic) bond motifs is 2. The molecule has 2 aliphatic carbocycles. The smallest absolute Gasteiger partial charge is 0.275 e. The highest BCUT2D eigenvalue weighted by Gasteiger charge is 2.69. The predicted molar refractivity (Wildman–Crippen MR) is 121 cm³/mol. The molecule has 4 atom stereocenters. The summed E-state index contributed by atoms with van der Waals surface area (Å²) in [7, 11) is 0. The summed E-state index contributed by atoms with van der Waals surface area (Å²) in [6.07, 6.45) is 4.94. The molecular weight excluding hydrogens is 420 g/mol. The van der Waals surface area contributed by atoms with Crippen molar-refractivity contribution in [2.45, 2.75) is 62.7 Å². The van der Waals surface area contributed by atoms with Crippen molar-refractivity contribution in [2.24, 2.45) is 5.92 Å². The molecular formula is C25H28N4O4. The topological polar surface area (TPSA) is 103 Å². The van der Waals surface area contributed by atoms with Crippen molar-refractivity contribution in [1.82, 2.24) is 19.5 Å². The Morgan fingerprint density at radius 1 is 1.30 bits per heavy atom. The van der Waals surface area contributed by atoms with Crippen molar-refractivity contribution < 1.29 is 14.9 Å². The van der Waals surface area contributed by atoms with E-state index in [1.807, 2.05) is 13.0 Å². The van der Waals surface area contributed by atoms with Crippen LogP contribution in [0, 0.1) is 12.8 Å². The van der Waals surface area contributed by atoms with Crippen LogP contribution in [0.1, 0.15) is 54.7 Å². The first kappa shape index (κ1) is 19.6. The number of phenolic OH excluding ortho intramolecular Hbond substituents is 1. The highest BCUT2D eigenvalue weighted by Crippen LogP contribution is 2.65. The summed E-state index contributed by atoms with van der Waals surface area (Å²) in [5.74, 6) is 1.23. The Labute approximate surface area is 190 Å². The van der Waals surface area contributed by atoms with Gasteiger partial charge in [0.1, 0.15) is 0 Å². The molecule has 0 unspecified atom stereocenters. The van der Waals surface area contributed by atoms with E-state index in [1.165, 1.54) is 17.4 Å². The number of rotatable bonds is 3. The van der Waals surface area contributed by atoms with E-state index < -0.39 is 17.1 Å². The van der Waals surface area contributed by atoms with Crippen LogP contribution in [0.15, 0.2) is 29.2 Å². The third-order valence-electron chi connectivity index (χ3n) is 8.80. The molecule has 8 heteroatoms. The zero-order chi connectivity index (χ0) is 22.7. The molecule has 1 saturated heterocycles. The van der Waals surface area contributed by atoms with Crippen molar-refractivity contribution in [3.05, 3.63) is 57.1 Å². The molecule has 8 nitrogen and oxygen atoms in total. The number of aliphatic hydroxyl groups is 1. The quantitative estimate of drug-likeness (QED) is 0.568. The molecule has 4 heterocycles. The van der Waals surface area contributed by atoms with E-state index in [9.17, 15) is 15.0 Å². The number of piperidine rings is 1. The number of likely N-dealkylation sites (tertiary alicyclic amines) is 1. The van der Waals surface area contributed by atoms with Crippen LogP contribution in [0.5, 0.6) is 11.5 Å². The maximum atomic E-state index is 13.1. The van der Waals surface area contributed by atoms with Gasteiger partial charge in [0.25, 0.3) is 5.56 Å². The number of hydrogen-bond donors (Lipinski definition) is 3. The molecule has 3 N–H and O–H groups in total. The molecule has 1 spiro atoms. The van der Waals surface area contributed by atoms with E-state index >= 15 is 0 Å². The van der Waals surface area contributed by atoms with Gasteiger partial charge in [0, 0.05) is 36.0 Å². The zero-order valence-corrected chi connectivity index (χ0v) is 18.8. The molecule has 33 heavy (non-hydrogen) atoms. The molecule has 2 bridgehead atoms. The van der Waals surface area contributed by atoms with Crippen LogP contribution in [0.4, 0.5) is 0 Å². The SMILES string of the molecule is Cc1c([C@@H]2Oc3c(O)ccc4c3[C@@]23CCN(CC2CC2)[C@H](C4)[C@@]3(C)O)nc2cc[nH]n2c1=O. The van der Waals surface area contributed by atoms with Crippen LogP contribution in [0.25, 0.3) is 5.65 Å². The van der Waals surface area contributed by atoms with Crippen LogP contribution >= 0.6 is 0 Å². The lowest BCUT2D eigenvalue weighted by Crippen LogP contribution is -2.71. The van der Waals surface area contributed by atoms with Crippen LogP contribution in [-0.2, 0) is 11.8 Å². The zero-order valence-electron chi connectivity index (χ0n) is 18.8. The van der Waals surface area contributed by atoms with Crippen molar-refractivity contribution in [3.63, 3.8) is 0 Å². The van der Waals surface area contributed by atoms with Gasteiger partial charge in [-0.05, 0) is 63.6 Å². The molecule has 1 saturated carbocycles. The van der Waals surface area contributed by atoms with Crippen molar-refractivity contribution >= 4 is 5.65 Å². The minimum Gasteiger partial charge on any atom is -0.504 e. The Hall–Kier alpha value is -2.84. The maximum absolute atomic E-state index is 13.1. The van der Waals surface area contributed by atoms with Gasteiger partial charge >= 0.3 is 0 Å². The van der Waals surface area contributed by atoms with Crippen LogP contribution in [0.2, 0.25) is 0 Å². The monoisotopic (exact) mass is 448 g/mol. The first-order chi connectivity index (χ1) is 15.8. The van der Waals surface area contributed by atoms with Crippen LogP contribution < -0.4 is 10.3 Å². The molecule has 1 aromatic carbocycles. The molecule has 7 rings (SSSR count). The normalized spacial score (nSPS) is 32.7. The number of hydrogen-bond acceptors (Lipinski definition) is 6. The number of aromatic amines is 1. The number of H-pyrrole nitrogens is 1. The van der Waals surface area contributed by atoms with Gasteiger partial charge in [-0.25, -0.2) is 9.50 Å². The second kappa shape index (κ2) is 6.18. The minimum atomic E-state index is -1.12. The molecule has 172 valence electrons. The summed E-state index contributed by atoms with van der Waals surface area (Å²) < 4.78 is 7.92. The summed E-state index contributed by atoms with van der Waals surface area (Å²) in [6.45, 7) is 5.54. The Kier molecular flexibility index (Phi) is 3.67. The van der Waals surface area contributed by atoms with Gasteiger partial charge in [0.2, 0.25) is 0 Å². The third-order valence-corrected chi connectivity index (χ3v) is 8.80. The van der Waals surface area contributed by atoms with Crippen molar-refractivity contribution in [1.29, 1.82) is 0 Å². The lowest BCUT2D eigenvalue weighted by Gasteiger charge is -2.59. The number of ether oxygens (including phenoxy) is 1. The maximum Gasteiger partial charge on any atom is 0.275 e. The average Bonchev–Trinajstić information content (AvgIpc) is 3.33. The first-order valence-corrected chi connectivity index (χ1v) is 11.9. The molecule has 2 aromatic heterocycles. The van der Waals surface area contributed by atoms with Crippen molar-refractivity contribution in [2.75, 3.05) is 13.1 Å². The lowest BCUT2D eigenvalue weighted by molar-refractivity contribution is -0.156. The number of phenols is 1. The van der Waals surface area contributed by atoms with E-state index in [1.54, 1.807) is 25.3 Å². The molecule has 0 amide bonds. The van der Waals surface area contributed by atoms with E-state index in [4.69, 9.17) is 9.72 Å². The molecule has 2 aliphatic heterocycles. The number of aromatic hydroxyl groups is 1. The minimum absolute atomic E-state index is 0.0571. The number of aromatic nitrogens is 3. The first-order valence-electron chi connectivity index (χ1n) is 11.9. The van der Waals surface area contributed by atoms with Gasteiger partial charge in [-0.3, -0.25) is 14.8 Å². The van der Waals surface area contributed by atoms with Gasteiger partial charge in [-0.1, -0.05) is 6.07 Å². The lowest BCUT2D eigenvalue weighted by atomic mass is 9.53. The van der Waals surface area contributed by atoms with E-state index in [2.05, 4.69) is 10.00 Å². The molecule has 2 fully saturated rings. The Balaban J connectivity index is 1.47. The van der Waals surface area contributed by atoms with Gasteiger partial charge in [-0.15, -0.1) is 0 Å². The average molecular weight is 449 g/mol. The summed E-state index contributed by atoms with van der Waals surface area (Å²) in [6, 6.07) is 5.36. The Morgan fingerprint density at radius 3 is 2.91 bits per heavy atom. The highest BCUT2D eigenvalue weighted by atomic mass is 16.5. The van der Waals surface area contributed by atoms with E-state index in [0.29, 0.717) is 35.5 Å². The third kappa shape index (κ3) is 2.33. The highest BCUT2D eigenvalue weighted by molar-refractivity contribution is 5.62. The predicted octanol–water partition coefficient (Wildman–Crippen LogP) is 2.20. The standard InChI is InChI=1S/C25H28N4O4/c1-13-20(27-18-7-9-26-29(18)23(13)31)22-25-8-10-28(12-14-3-4-14)17(24(25,2)32)11-15-5-6-16(30)21(33-22)19(15)25/h5-7,9,14,17,22,26,30,32H,3-4,8,10-12H2,1-2H3/t17-,22+,24-,25+/m1/s1.